The summed E-state index contributed by atoms with van der Waals surface area (Å²) in [6.45, 7) is 0.744. The third kappa shape index (κ3) is 2.10. The van der Waals surface area contributed by atoms with Crippen molar-refractivity contribution in [2.24, 2.45) is 0 Å². The second kappa shape index (κ2) is 4.33. The number of pyridine rings is 1. The predicted octanol–water partition coefficient (Wildman–Crippen LogP) is 1.99. The van der Waals surface area contributed by atoms with Crippen molar-refractivity contribution in [1.82, 2.24) is 10.3 Å². The molecule has 3 heterocycles. The van der Waals surface area contributed by atoms with Gasteiger partial charge in [-0.05, 0) is 23.9 Å². The first-order chi connectivity index (χ1) is 8.33. The lowest BCUT2D eigenvalue weighted by Crippen LogP contribution is -2.31. The molecule has 1 fully saturated rings. The Bertz CT molecular complexity index is 551. The number of anilines is 1. The van der Waals surface area contributed by atoms with Crippen LogP contribution in [0.25, 0.3) is 10.1 Å². The van der Waals surface area contributed by atoms with Crippen LogP contribution in [0.3, 0.4) is 0 Å². The molecule has 5 heteroatoms. The monoisotopic (exact) mass is 247 g/mol. The Hall–Kier alpha value is -1.62. The van der Waals surface area contributed by atoms with Gasteiger partial charge in [0.15, 0.2) is 0 Å². The molecular formula is C12H13N3OS. The van der Waals surface area contributed by atoms with Gasteiger partial charge in [-0.2, -0.15) is 0 Å². The van der Waals surface area contributed by atoms with E-state index in [1.54, 1.807) is 11.3 Å². The average Bonchev–Trinajstić information content (AvgIpc) is 2.94. The van der Waals surface area contributed by atoms with Gasteiger partial charge in [-0.15, -0.1) is 11.3 Å². The molecule has 0 aliphatic carbocycles. The highest BCUT2D eigenvalue weighted by atomic mass is 32.1. The predicted molar refractivity (Wildman–Crippen MR) is 69.3 cm³/mol. The number of carbonyl (C=O) groups is 1. The van der Waals surface area contributed by atoms with Gasteiger partial charge in [0.1, 0.15) is 5.82 Å². The fourth-order valence-corrected chi connectivity index (χ4v) is 2.87. The maximum atomic E-state index is 11.1. The smallest absolute Gasteiger partial charge is 0.220 e. The fraction of sp³-hybridized carbons (Fsp3) is 0.333. The van der Waals surface area contributed by atoms with Crippen LogP contribution in [-0.4, -0.2) is 23.5 Å². The van der Waals surface area contributed by atoms with E-state index < -0.39 is 0 Å². The number of amides is 1. The Balaban J connectivity index is 1.72. The number of fused-ring (bicyclic) bond motifs is 1. The van der Waals surface area contributed by atoms with Crippen LogP contribution in [0.4, 0.5) is 5.82 Å². The Kier molecular flexibility index (Phi) is 2.68. The van der Waals surface area contributed by atoms with Crippen molar-refractivity contribution in [3.8, 4) is 0 Å². The minimum Gasteiger partial charge on any atom is -0.367 e. The van der Waals surface area contributed by atoms with E-state index in [0.717, 1.165) is 24.2 Å². The van der Waals surface area contributed by atoms with E-state index in [2.05, 4.69) is 27.1 Å². The van der Waals surface area contributed by atoms with Gasteiger partial charge in [-0.3, -0.25) is 4.79 Å². The number of carbonyl (C=O) groups excluding carboxylic acids is 1. The number of nitrogens with one attached hydrogen (secondary N) is 2. The fourth-order valence-electron chi connectivity index (χ4n) is 2.09. The zero-order valence-corrected chi connectivity index (χ0v) is 10.1. The first-order valence-corrected chi connectivity index (χ1v) is 6.56. The summed E-state index contributed by atoms with van der Waals surface area (Å²) in [4.78, 5) is 15.4. The summed E-state index contributed by atoms with van der Waals surface area (Å²) in [5.41, 5.74) is 0. The molecule has 3 rings (SSSR count). The maximum Gasteiger partial charge on any atom is 0.220 e. The van der Waals surface area contributed by atoms with Crippen molar-refractivity contribution >= 4 is 33.1 Å². The number of thiophene rings is 1. The molecule has 1 aliphatic heterocycles. The molecular weight excluding hydrogens is 234 g/mol. The molecule has 1 unspecified atom stereocenters. The molecule has 2 N–H and O–H groups in total. The lowest BCUT2D eigenvalue weighted by Gasteiger charge is -2.12. The van der Waals surface area contributed by atoms with E-state index in [1.165, 1.54) is 4.70 Å². The number of hydrogen-bond donors (Lipinski definition) is 2. The molecule has 2 aromatic heterocycles. The summed E-state index contributed by atoms with van der Waals surface area (Å²) in [5, 5.41) is 9.48. The first kappa shape index (κ1) is 10.5. The van der Waals surface area contributed by atoms with Crippen LogP contribution in [-0.2, 0) is 4.79 Å². The Morgan fingerprint density at radius 3 is 3.29 bits per heavy atom. The molecule has 0 saturated carbocycles. The quantitative estimate of drug-likeness (QED) is 0.872. The minimum absolute atomic E-state index is 0.151. The van der Waals surface area contributed by atoms with Gasteiger partial charge < -0.3 is 10.6 Å². The summed E-state index contributed by atoms with van der Waals surface area (Å²) in [5.74, 6) is 1.06. The summed E-state index contributed by atoms with van der Waals surface area (Å²) in [7, 11) is 0. The molecule has 1 aliphatic rings. The van der Waals surface area contributed by atoms with Gasteiger partial charge in [-0.25, -0.2) is 4.98 Å². The SMILES string of the molecule is O=C1CCC(CNc2nccc3sccc23)N1. The van der Waals surface area contributed by atoms with E-state index in [9.17, 15) is 4.79 Å². The zero-order valence-electron chi connectivity index (χ0n) is 9.27. The van der Waals surface area contributed by atoms with Crippen molar-refractivity contribution < 1.29 is 4.79 Å². The van der Waals surface area contributed by atoms with Crippen LogP contribution >= 0.6 is 11.3 Å². The molecule has 2 aromatic rings. The van der Waals surface area contributed by atoms with E-state index >= 15 is 0 Å². The maximum absolute atomic E-state index is 11.1. The van der Waals surface area contributed by atoms with Gasteiger partial charge in [0.25, 0.3) is 0 Å². The molecule has 1 amide bonds. The van der Waals surface area contributed by atoms with Crippen LogP contribution in [0.1, 0.15) is 12.8 Å². The second-order valence-corrected chi connectivity index (χ2v) is 5.12. The molecule has 1 saturated heterocycles. The lowest BCUT2D eigenvalue weighted by atomic mass is 10.2. The number of nitrogens with zero attached hydrogens (tertiary/aromatic N) is 1. The largest absolute Gasteiger partial charge is 0.367 e. The van der Waals surface area contributed by atoms with Gasteiger partial charge >= 0.3 is 0 Å². The van der Waals surface area contributed by atoms with Crippen LogP contribution in [0.2, 0.25) is 0 Å². The van der Waals surface area contributed by atoms with E-state index in [1.807, 2.05) is 12.3 Å². The minimum atomic E-state index is 0.151. The molecule has 1 atom stereocenters. The Morgan fingerprint density at radius 2 is 2.47 bits per heavy atom. The second-order valence-electron chi connectivity index (χ2n) is 4.18. The zero-order chi connectivity index (χ0) is 11.7. The molecule has 0 aromatic carbocycles. The highest BCUT2D eigenvalue weighted by Gasteiger charge is 2.20. The van der Waals surface area contributed by atoms with E-state index in [0.29, 0.717) is 6.42 Å². The van der Waals surface area contributed by atoms with Crippen molar-refractivity contribution in [2.45, 2.75) is 18.9 Å². The van der Waals surface area contributed by atoms with Crippen molar-refractivity contribution in [1.29, 1.82) is 0 Å². The third-order valence-electron chi connectivity index (χ3n) is 2.98. The molecule has 0 bridgehead atoms. The first-order valence-electron chi connectivity index (χ1n) is 5.68. The summed E-state index contributed by atoms with van der Waals surface area (Å²) in [6, 6.07) is 4.32. The van der Waals surface area contributed by atoms with Gasteiger partial charge in [-0.1, -0.05) is 0 Å². The lowest BCUT2D eigenvalue weighted by molar-refractivity contribution is -0.119. The van der Waals surface area contributed by atoms with Crippen LogP contribution < -0.4 is 10.6 Å². The number of aromatic nitrogens is 1. The van der Waals surface area contributed by atoms with Crippen molar-refractivity contribution in [2.75, 3.05) is 11.9 Å². The van der Waals surface area contributed by atoms with Crippen LogP contribution in [0.5, 0.6) is 0 Å². The number of hydrogen-bond acceptors (Lipinski definition) is 4. The average molecular weight is 247 g/mol. The van der Waals surface area contributed by atoms with Crippen LogP contribution in [0, 0.1) is 0 Å². The standard InChI is InChI=1S/C12H13N3OS/c16-11-2-1-8(15-11)7-14-12-9-4-6-17-10(9)3-5-13-12/h3-6,8H,1-2,7H2,(H,13,14)(H,15,16). The topological polar surface area (TPSA) is 54.0 Å². The van der Waals surface area contributed by atoms with Gasteiger partial charge in [0.05, 0.1) is 0 Å². The normalized spacial score (nSPS) is 19.5. The Morgan fingerprint density at radius 1 is 1.53 bits per heavy atom. The van der Waals surface area contributed by atoms with Crippen LogP contribution in [0.15, 0.2) is 23.7 Å². The Labute approximate surface area is 103 Å². The number of rotatable bonds is 3. The van der Waals surface area contributed by atoms with Crippen molar-refractivity contribution in [3.05, 3.63) is 23.7 Å². The molecule has 17 heavy (non-hydrogen) atoms. The molecule has 4 nitrogen and oxygen atoms in total. The molecule has 88 valence electrons. The van der Waals surface area contributed by atoms with Gasteiger partial charge in [0.2, 0.25) is 5.91 Å². The molecule has 0 spiro atoms. The van der Waals surface area contributed by atoms with E-state index in [4.69, 9.17) is 0 Å². The highest BCUT2D eigenvalue weighted by molar-refractivity contribution is 7.17. The summed E-state index contributed by atoms with van der Waals surface area (Å²) >= 11 is 1.71. The van der Waals surface area contributed by atoms with Crippen molar-refractivity contribution in [3.63, 3.8) is 0 Å². The highest BCUT2D eigenvalue weighted by Crippen LogP contribution is 2.25. The molecule has 0 radical (unpaired) electrons. The summed E-state index contributed by atoms with van der Waals surface area (Å²) < 4.78 is 1.23. The van der Waals surface area contributed by atoms with E-state index in [-0.39, 0.29) is 11.9 Å². The van der Waals surface area contributed by atoms with Gasteiger partial charge in [0, 0.05) is 35.3 Å². The third-order valence-corrected chi connectivity index (χ3v) is 3.86. The summed E-state index contributed by atoms with van der Waals surface area (Å²) in [6.07, 6.45) is 3.36.